The molecule has 0 aliphatic rings. The van der Waals surface area contributed by atoms with E-state index in [0.717, 1.165) is 73.7 Å². The fraction of sp³-hybridized carbons (Fsp3) is 0.433. The third kappa shape index (κ3) is 12.6. The third-order valence-corrected chi connectivity index (χ3v) is 8.21. The molecule has 0 fully saturated rings. The van der Waals surface area contributed by atoms with Crippen LogP contribution in [0.3, 0.4) is 0 Å². The van der Waals surface area contributed by atoms with Crippen LogP contribution < -0.4 is 20.1 Å². The normalized spacial score (nSPS) is 11.0. The van der Waals surface area contributed by atoms with Crippen LogP contribution in [0, 0.1) is 0 Å². The van der Waals surface area contributed by atoms with Crippen LogP contribution in [-0.2, 0) is 11.5 Å². The molecule has 0 atom stereocenters. The molecule has 1 heterocycles. The van der Waals surface area contributed by atoms with Crippen LogP contribution in [0.4, 0.5) is 0 Å². The van der Waals surface area contributed by atoms with Gasteiger partial charge < -0.3 is 25.0 Å². The highest BCUT2D eigenvalue weighted by atomic mass is 32.2. The maximum absolute atomic E-state index is 12.2. The largest absolute Gasteiger partial charge is 0.497 e. The van der Waals surface area contributed by atoms with E-state index in [1.807, 2.05) is 47.8 Å². The average molecular weight is 584 g/mol. The van der Waals surface area contributed by atoms with Crippen LogP contribution in [0.5, 0.6) is 11.5 Å². The second-order valence-electron chi connectivity index (χ2n) is 9.09. The topological polar surface area (TPSA) is 88.6 Å². The van der Waals surface area contributed by atoms with Gasteiger partial charge in [0.05, 0.1) is 20.4 Å². The summed E-state index contributed by atoms with van der Waals surface area (Å²) in [5, 5.41) is 6.55. The molecule has 0 unspecified atom stereocenters. The molecule has 0 radical (unpaired) electrons. The first-order valence-corrected chi connectivity index (χ1v) is 15.9. The Balaban J connectivity index is 1.33. The lowest BCUT2D eigenvalue weighted by atomic mass is 10.2. The number of carbonyl (C=O) groups is 1. The van der Waals surface area contributed by atoms with Crippen LogP contribution in [0.15, 0.2) is 67.1 Å². The predicted molar refractivity (Wildman–Crippen MR) is 167 cm³/mol. The van der Waals surface area contributed by atoms with Gasteiger partial charge in [0.2, 0.25) is 0 Å². The zero-order chi connectivity index (χ0) is 28.3. The van der Waals surface area contributed by atoms with Crippen molar-refractivity contribution in [2.24, 2.45) is 0 Å². The molecule has 216 valence electrons. The summed E-state index contributed by atoms with van der Waals surface area (Å²) < 4.78 is 10.5. The number of nitrogens with zero attached hydrogens (tertiary/aromatic N) is 3. The standard InChI is InChI=1S/C30H41N5O3S2/c1-37-27-8-4-25(5-9-27)23-39-20-16-31-15-18-35(17-3-12-34-30(36)29-22-32-13-14-33-29)19-21-40-24-26-6-10-28(38-2)11-7-26/h4-11,13-14,22,31H,3,12,15-21,23-24H2,1-2H3,(H,34,36). The van der Waals surface area contributed by atoms with Crippen molar-refractivity contribution >= 4 is 29.4 Å². The van der Waals surface area contributed by atoms with E-state index >= 15 is 0 Å². The van der Waals surface area contributed by atoms with Crippen molar-refractivity contribution in [3.05, 3.63) is 83.9 Å². The third-order valence-electron chi connectivity index (χ3n) is 6.17. The van der Waals surface area contributed by atoms with Crippen molar-refractivity contribution in [2.45, 2.75) is 17.9 Å². The molecule has 8 nitrogen and oxygen atoms in total. The number of benzene rings is 2. The lowest BCUT2D eigenvalue weighted by Gasteiger charge is -2.22. The molecule has 2 aromatic carbocycles. The van der Waals surface area contributed by atoms with Crippen molar-refractivity contribution in [3.63, 3.8) is 0 Å². The first kappa shape index (κ1) is 31.7. The van der Waals surface area contributed by atoms with E-state index in [4.69, 9.17) is 9.47 Å². The number of thioether (sulfide) groups is 2. The highest BCUT2D eigenvalue weighted by molar-refractivity contribution is 7.98. The lowest BCUT2D eigenvalue weighted by Crippen LogP contribution is -2.36. The van der Waals surface area contributed by atoms with E-state index in [1.165, 1.54) is 23.5 Å². The second-order valence-corrected chi connectivity index (χ2v) is 11.3. The van der Waals surface area contributed by atoms with Gasteiger partial charge in [0, 0.05) is 68.1 Å². The Labute approximate surface area is 247 Å². The first-order chi connectivity index (χ1) is 19.7. The van der Waals surface area contributed by atoms with Gasteiger partial charge in [-0.25, -0.2) is 4.98 Å². The van der Waals surface area contributed by atoms with Gasteiger partial charge in [0.15, 0.2) is 0 Å². The van der Waals surface area contributed by atoms with Crippen LogP contribution >= 0.6 is 23.5 Å². The Morgan fingerprint density at radius 2 is 1.45 bits per heavy atom. The van der Waals surface area contributed by atoms with Gasteiger partial charge in [-0.2, -0.15) is 23.5 Å². The van der Waals surface area contributed by atoms with E-state index < -0.39 is 0 Å². The summed E-state index contributed by atoms with van der Waals surface area (Å²) in [5.41, 5.74) is 2.97. The Kier molecular flexibility index (Phi) is 15.3. The van der Waals surface area contributed by atoms with Crippen molar-refractivity contribution in [1.82, 2.24) is 25.5 Å². The van der Waals surface area contributed by atoms with E-state index in [1.54, 1.807) is 20.4 Å². The van der Waals surface area contributed by atoms with Gasteiger partial charge in [-0.1, -0.05) is 24.3 Å². The van der Waals surface area contributed by atoms with Gasteiger partial charge in [-0.05, 0) is 48.4 Å². The summed E-state index contributed by atoms with van der Waals surface area (Å²) >= 11 is 3.88. The smallest absolute Gasteiger partial charge is 0.271 e. The summed E-state index contributed by atoms with van der Waals surface area (Å²) in [4.78, 5) is 22.7. The van der Waals surface area contributed by atoms with Gasteiger partial charge in [-0.3, -0.25) is 9.78 Å². The summed E-state index contributed by atoms with van der Waals surface area (Å²) in [5.74, 6) is 5.71. The van der Waals surface area contributed by atoms with Gasteiger partial charge in [0.25, 0.3) is 5.91 Å². The molecule has 0 spiro atoms. The van der Waals surface area contributed by atoms with E-state index in [9.17, 15) is 4.79 Å². The molecule has 0 saturated carbocycles. The molecule has 0 aliphatic heterocycles. The number of nitrogens with one attached hydrogen (secondary N) is 2. The maximum atomic E-state index is 12.2. The summed E-state index contributed by atoms with van der Waals surface area (Å²) in [6, 6.07) is 16.5. The fourth-order valence-electron chi connectivity index (χ4n) is 3.87. The first-order valence-electron chi connectivity index (χ1n) is 13.6. The second kappa shape index (κ2) is 19.3. The molecule has 10 heteroatoms. The molecular weight excluding hydrogens is 542 g/mol. The summed E-state index contributed by atoms with van der Waals surface area (Å²) in [6.07, 6.45) is 5.47. The maximum Gasteiger partial charge on any atom is 0.271 e. The van der Waals surface area contributed by atoms with E-state index in [-0.39, 0.29) is 5.91 Å². The zero-order valence-corrected chi connectivity index (χ0v) is 25.1. The Morgan fingerprint density at radius 1 is 0.800 bits per heavy atom. The molecule has 2 N–H and O–H groups in total. The predicted octanol–water partition coefficient (Wildman–Crippen LogP) is 4.37. The number of carbonyl (C=O) groups excluding carboxylic acids is 1. The van der Waals surface area contributed by atoms with Gasteiger partial charge >= 0.3 is 0 Å². The van der Waals surface area contributed by atoms with Crippen molar-refractivity contribution < 1.29 is 14.3 Å². The minimum Gasteiger partial charge on any atom is -0.497 e. The van der Waals surface area contributed by atoms with Crippen LogP contribution in [-0.4, -0.2) is 85.8 Å². The van der Waals surface area contributed by atoms with Gasteiger partial charge in [-0.15, -0.1) is 0 Å². The molecular formula is C30H41N5O3S2. The average Bonchev–Trinajstić information content (AvgIpc) is 3.01. The van der Waals surface area contributed by atoms with Gasteiger partial charge in [0.1, 0.15) is 17.2 Å². The molecule has 1 aromatic heterocycles. The van der Waals surface area contributed by atoms with Crippen LogP contribution in [0.25, 0.3) is 0 Å². The number of hydrogen-bond acceptors (Lipinski definition) is 9. The van der Waals surface area contributed by atoms with E-state index in [0.29, 0.717) is 12.2 Å². The number of amides is 1. The van der Waals surface area contributed by atoms with Crippen molar-refractivity contribution in [3.8, 4) is 11.5 Å². The fourth-order valence-corrected chi connectivity index (χ4v) is 5.69. The highest BCUT2D eigenvalue weighted by Gasteiger charge is 2.08. The molecule has 0 bridgehead atoms. The summed E-state index contributed by atoms with van der Waals surface area (Å²) in [6.45, 7) is 5.45. The molecule has 40 heavy (non-hydrogen) atoms. The Bertz CT molecular complexity index is 1090. The molecule has 0 aliphatic carbocycles. The number of ether oxygens (including phenoxy) is 2. The van der Waals surface area contributed by atoms with Crippen molar-refractivity contribution in [2.75, 3.05) is 65.0 Å². The summed E-state index contributed by atoms with van der Waals surface area (Å²) in [7, 11) is 3.38. The number of hydrogen-bond donors (Lipinski definition) is 2. The van der Waals surface area contributed by atoms with E-state index in [2.05, 4.69) is 49.8 Å². The Morgan fingerprint density at radius 3 is 2.05 bits per heavy atom. The monoisotopic (exact) mass is 583 g/mol. The van der Waals surface area contributed by atoms with Crippen LogP contribution in [0.1, 0.15) is 28.0 Å². The lowest BCUT2D eigenvalue weighted by molar-refractivity contribution is 0.0946. The molecule has 3 rings (SSSR count). The SMILES string of the molecule is COc1ccc(CSCCNCCN(CCCNC(=O)c2cnccn2)CCSCc2ccc(OC)cc2)cc1. The zero-order valence-electron chi connectivity index (χ0n) is 23.5. The molecule has 0 saturated heterocycles. The minimum absolute atomic E-state index is 0.177. The van der Waals surface area contributed by atoms with Crippen LogP contribution in [0.2, 0.25) is 0 Å². The quantitative estimate of drug-likeness (QED) is 0.188. The number of aromatic nitrogens is 2. The number of methoxy groups -OCH3 is 2. The minimum atomic E-state index is -0.177. The van der Waals surface area contributed by atoms with Crippen molar-refractivity contribution in [1.29, 1.82) is 0 Å². The molecule has 1 amide bonds. The highest BCUT2D eigenvalue weighted by Crippen LogP contribution is 2.17. The number of rotatable bonds is 20. The Hall–Kier alpha value is -2.79. The molecule has 3 aromatic rings.